The second-order valence-corrected chi connectivity index (χ2v) is 6.22. The fourth-order valence-corrected chi connectivity index (χ4v) is 2.82. The summed E-state index contributed by atoms with van der Waals surface area (Å²) in [6, 6.07) is 17.0. The lowest BCUT2D eigenvalue weighted by Crippen LogP contribution is -2.47. The number of rotatable bonds is 7. The van der Waals surface area contributed by atoms with E-state index in [0.29, 0.717) is 11.4 Å². The molecule has 0 fully saturated rings. The molecule has 0 aliphatic heterocycles. The Kier molecular flexibility index (Phi) is 5.59. The Morgan fingerprint density at radius 3 is 2.25 bits per heavy atom. The molecule has 8 nitrogen and oxygen atoms in total. The van der Waals surface area contributed by atoms with Crippen LogP contribution >= 0.6 is 0 Å². The molecule has 3 aromatic rings. The van der Waals surface area contributed by atoms with Gasteiger partial charge in [0, 0.05) is 6.42 Å². The van der Waals surface area contributed by atoms with Crippen LogP contribution in [-0.2, 0) is 16.0 Å². The molecule has 2 amide bonds. The van der Waals surface area contributed by atoms with Gasteiger partial charge in [-0.2, -0.15) is 0 Å². The molecule has 0 spiro atoms. The number of carbonyl (C=O) groups is 3. The lowest BCUT2D eigenvalue weighted by Gasteiger charge is -2.17. The fraction of sp³-hybridized carbons (Fsp3) is 0.150. The van der Waals surface area contributed by atoms with E-state index in [1.165, 1.54) is 4.68 Å². The third-order valence-electron chi connectivity index (χ3n) is 4.20. The lowest BCUT2D eigenvalue weighted by atomic mass is 10.0. The first-order valence-electron chi connectivity index (χ1n) is 8.63. The first-order chi connectivity index (χ1) is 13.5. The number of para-hydroxylation sites is 1. The van der Waals surface area contributed by atoms with Gasteiger partial charge in [-0.05, 0) is 24.6 Å². The van der Waals surface area contributed by atoms with Crippen LogP contribution < -0.4 is 11.1 Å². The molecule has 1 atom stereocenters. The van der Waals surface area contributed by atoms with Gasteiger partial charge in [0.15, 0.2) is 5.69 Å². The maximum atomic E-state index is 12.9. The van der Waals surface area contributed by atoms with Crippen LogP contribution in [0.4, 0.5) is 0 Å². The molecule has 0 aliphatic carbocycles. The zero-order chi connectivity index (χ0) is 20.1. The van der Waals surface area contributed by atoms with Crippen molar-refractivity contribution in [2.24, 2.45) is 5.73 Å². The van der Waals surface area contributed by atoms with Crippen molar-refractivity contribution in [1.29, 1.82) is 0 Å². The lowest BCUT2D eigenvalue weighted by molar-refractivity contribution is -0.137. The molecular weight excluding hydrogens is 358 g/mol. The molecule has 1 heterocycles. The standard InChI is InChI=1S/C20H19N5O3/c1-13-17(25(24-23-13)15-10-6-3-7-11-15)20(28)22-16(18(26)19(21)27)12-14-8-4-2-5-9-14/h2-11,16H,12H2,1H3,(H2,21,27)(H,22,28)/t16-/m0/s1. The highest BCUT2D eigenvalue weighted by Gasteiger charge is 2.28. The van der Waals surface area contributed by atoms with Crippen LogP contribution in [0.15, 0.2) is 60.7 Å². The summed E-state index contributed by atoms with van der Waals surface area (Å²) in [5, 5.41) is 10.6. The third kappa shape index (κ3) is 4.12. The number of nitrogens with one attached hydrogen (secondary N) is 1. The van der Waals surface area contributed by atoms with Crippen LogP contribution in [0, 0.1) is 6.92 Å². The highest BCUT2D eigenvalue weighted by molar-refractivity contribution is 6.38. The number of amides is 2. The maximum absolute atomic E-state index is 12.9. The molecular formula is C20H19N5O3. The molecule has 0 radical (unpaired) electrons. The van der Waals surface area contributed by atoms with Crippen molar-refractivity contribution in [3.8, 4) is 5.69 Å². The highest BCUT2D eigenvalue weighted by atomic mass is 16.2. The van der Waals surface area contributed by atoms with Crippen LogP contribution in [0.3, 0.4) is 0 Å². The van der Waals surface area contributed by atoms with Gasteiger partial charge in [0.2, 0.25) is 5.78 Å². The number of primary amides is 1. The number of carbonyl (C=O) groups excluding carboxylic acids is 3. The van der Waals surface area contributed by atoms with Crippen molar-refractivity contribution in [3.05, 3.63) is 77.6 Å². The van der Waals surface area contributed by atoms with Gasteiger partial charge < -0.3 is 11.1 Å². The predicted octanol–water partition coefficient (Wildman–Crippen LogP) is 0.971. The number of nitrogens with two attached hydrogens (primary N) is 1. The second kappa shape index (κ2) is 8.26. The largest absolute Gasteiger partial charge is 0.363 e. The maximum Gasteiger partial charge on any atom is 0.287 e. The quantitative estimate of drug-likeness (QED) is 0.595. The van der Waals surface area contributed by atoms with E-state index in [1.807, 2.05) is 36.4 Å². The number of benzene rings is 2. The minimum Gasteiger partial charge on any atom is -0.363 e. The van der Waals surface area contributed by atoms with E-state index in [2.05, 4.69) is 15.6 Å². The number of hydrogen-bond acceptors (Lipinski definition) is 5. The Morgan fingerprint density at radius 2 is 1.64 bits per heavy atom. The molecule has 28 heavy (non-hydrogen) atoms. The SMILES string of the molecule is Cc1nnn(-c2ccccc2)c1C(=O)N[C@@H](Cc1ccccc1)C(=O)C(N)=O. The molecule has 0 aliphatic rings. The molecule has 8 heteroatoms. The van der Waals surface area contributed by atoms with Crippen molar-refractivity contribution in [2.75, 3.05) is 0 Å². The zero-order valence-corrected chi connectivity index (χ0v) is 15.2. The molecule has 0 bridgehead atoms. The van der Waals surface area contributed by atoms with E-state index in [1.54, 1.807) is 31.2 Å². The molecule has 142 valence electrons. The second-order valence-electron chi connectivity index (χ2n) is 6.22. The van der Waals surface area contributed by atoms with Gasteiger partial charge in [-0.1, -0.05) is 53.7 Å². The van der Waals surface area contributed by atoms with E-state index in [9.17, 15) is 14.4 Å². The van der Waals surface area contributed by atoms with Crippen LogP contribution in [-0.4, -0.2) is 38.6 Å². The van der Waals surface area contributed by atoms with E-state index < -0.39 is 23.6 Å². The van der Waals surface area contributed by atoms with E-state index in [0.717, 1.165) is 5.56 Å². The average molecular weight is 377 g/mol. The van der Waals surface area contributed by atoms with Crippen LogP contribution in [0.2, 0.25) is 0 Å². The molecule has 3 rings (SSSR count). The normalized spacial score (nSPS) is 11.6. The monoisotopic (exact) mass is 377 g/mol. The van der Waals surface area contributed by atoms with Crippen molar-refractivity contribution < 1.29 is 14.4 Å². The summed E-state index contributed by atoms with van der Waals surface area (Å²) in [5.41, 5.74) is 7.18. The number of Topliss-reactive ketones (excluding diaryl/α,β-unsaturated/α-hetero) is 1. The Morgan fingerprint density at radius 1 is 1.04 bits per heavy atom. The Balaban J connectivity index is 1.89. The summed E-state index contributed by atoms with van der Waals surface area (Å²) in [7, 11) is 0. The van der Waals surface area contributed by atoms with Gasteiger partial charge >= 0.3 is 0 Å². The third-order valence-corrected chi connectivity index (χ3v) is 4.20. The van der Waals surface area contributed by atoms with Gasteiger partial charge in [-0.3, -0.25) is 14.4 Å². The van der Waals surface area contributed by atoms with Gasteiger partial charge in [0.1, 0.15) is 6.04 Å². The number of ketones is 1. The first-order valence-corrected chi connectivity index (χ1v) is 8.63. The Labute approximate surface area is 161 Å². The van der Waals surface area contributed by atoms with Crippen LogP contribution in [0.1, 0.15) is 21.7 Å². The highest BCUT2D eigenvalue weighted by Crippen LogP contribution is 2.13. The van der Waals surface area contributed by atoms with Crippen molar-refractivity contribution in [2.45, 2.75) is 19.4 Å². The number of aromatic nitrogens is 3. The summed E-state index contributed by atoms with van der Waals surface area (Å²) in [5.74, 6) is -2.54. The van der Waals surface area contributed by atoms with Crippen molar-refractivity contribution in [3.63, 3.8) is 0 Å². The zero-order valence-electron chi connectivity index (χ0n) is 15.2. The minimum absolute atomic E-state index is 0.139. The minimum atomic E-state index is -1.10. The van der Waals surface area contributed by atoms with Crippen LogP contribution in [0.5, 0.6) is 0 Å². The molecule has 2 aromatic carbocycles. The van der Waals surface area contributed by atoms with E-state index >= 15 is 0 Å². The van der Waals surface area contributed by atoms with Gasteiger partial charge in [0.05, 0.1) is 11.4 Å². The first kappa shape index (κ1) is 19.0. The number of hydrogen-bond donors (Lipinski definition) is 2. The predicted molar refractivity (Wildman–Crippen MR) is 102 cm³/mol. The topological polar surface area (TPSA) is 120 Å². The molecule has 0 saturated carbocycles. The average Bonchev–Trinajstić information content (AvgIpc) is 3.10. The summed E-state index contributed by atoms with van der Waals surface area (Å²) < 4.78 is 1.39. The fourth-order valence-electron chi connectivity index (χ4n) is 2.82. The molecule has 1 aromatic heterocycles. The molecule has 0 saturated heterocycles. The summed E-state index contributed by atoms with van der Waals surface area (Å²) in [4.78, 5) is 36.6. The van der Waals surface area contributed by atoms with Crippen LogP contribution in [0.25, 0.3) is 5.69 Å². The van der Waals surface area contributed by atoms with Gasteiger partial charge in [0.25, 0.3) is 11.8 Å². The molecule has 3 N–H and O–H groups in total. The number of aryl methyl sites for hydroxylation is 1. The summed E-state index contributed by atoms with van der Waals surface area (Å²) >= 11 is 0. The van der Waals surface area contributed by atoms with E-state index in [4.69, 9.17) is 5.73 Å². The van der Waals surface area contributed by atoms with Gasteiger partial charge in [-0.25, -0.2) is 4.68 Å². The smallest absolute Gasteiger partial charge is 0.287 e. The number of nitrogens with zero attached hydrogens (tertiary/aromatic N) is 3. The summed E-state index contributed by atoms with van der Waals surface area (Å²) in [6.07, 6.45) is 0.139. The Bertz CT molecular complexity index is 999. The molecule has 0 unspecified atom stereocenters. The van der Waals surface area contributed by atoms with Crippen molar-refractivity contribution in [1.82, 2.24) is 20.3 Å². The Hall–Kier alpha value is -3.81. The summed E-state index contributed by atoms with van der Waals surface area (Å²) in [6.45, 7) is 1.64. The van der Waals surface area contributed by atoms with E-state index in [-0.39, 0.29) is 12.1 Å². The van der Waals surface area contributed by atoms with Crippen molar-refractivity contribution >= 4 is 17.6 Å². The van der Waals surface area contributed by atoms with Gasteiger partial charge in [-0.15, -0.1) is 5.10 Å².